The van der Waals surface area contributed by atoms with Crippen molar-refractivity contribution >= 4 is 68.2 Å². The maximum absolute atomic E-state index is 6.38. The predicted octanol–water partition coefficient (Wildman–Crippen LogP) is 29.3. The summed E-state index contributed by atoms with van der Waals surface area (Å²) >= 11 is 0. The molecule has 150 heavy (non-hydrogen) atoms. The summed E-state index contributed by atoms with van der Waals surface area (Å²) in [6.45, 7) is 25.9. The van der Waals surface area contributed by atoms with Gasteiger partial charge in [0.2, 0.25) is 0 Å². The number of fused-ring (bicyclic) bond motifs is 3. The standard InChI is InChI=1S/C43H35N5O.2C42H34N6O.3Pt/c1-43(2)40-22-10-11-23-41(40)48(30-45(43)3)35-19-13-21-37(27-35)49-36-20-12-18-34(26-36)46-24-25-47(31-46)42-38(32-14-6-4-7-15-32)28-44-29-39(42)33-16-8-5-9-17-33;1-42(2)39-19-4-5-20-40(39)48(29-45(42)3)34-14-7-16-36(26-34)49-35-15-6-13-33(25-35)46-23-24-47(30-46)41-37(31-11-9-21-43-27-31)17-8-18-38(41)32-12-10-22-44-28-32;1-42(2)37-19-4-5-22-40(37)48(29-45(42)3)32-14-11-16-34(28-32)49-33-15-10-13-31(27-33)46-25-26-47(30-46)41-35(38-20-6-8-23-43-38)17-12-18-36(41)39-21-7-9-24-44-39;;;/h4-25,28-31H,1-3H3;4-24,27-30H,1-3H3;4-26,29-30H,1-3H3;;;/q3*-4;3*+4. The van der Waals surface area contributed by atoms with E-state index in [0.717, 1.165) is 135 Å². The number of para-hydroxylation sites is 5. The van der Waals surface area contributed by atoms with E-state index in [2.05, 4.69) is 390 Å². The van der Waals surface area contributed by atoms with Crippen molar-refractivity contribution in [2.45, 2.75) is 58.2 Å². The van der Waals surface area contributed by atoms with Crippen LogP contribution in [-0.4, -0.2) is 60.8 Å². The van der Waals surface area contributed by atoms with Crippen LogP contribution in [0.4, 0.5) is 68.2 Å². The fourth-order valence-electron chi connectivity index (χ4n) is 19.0. The van der Waals surface area contributed by atoms with Crippen molar-refractivity contribution < 1.29 is 77.4 Å². The number of anilines is 12. The molecule has 0 saturated heterocycles. The Hall–Kier alpha value is -15.6. The molecule has 24 rings (SSSR count). The number of rotatable bonds is 21. The summed E-state index contributed by atoms with van der Waals surface area (Å²) in [6, 6.07) is 135. The van der Waals surface area contributed by atoms with E-state index in [1.54, 1.807) is 12.4 Å². The fraction of sp³-hybridized carbons (Fsp3) is 0.0945. The Morgan fingerprint density at radius 1 is 0.227 bits per heavy atom. The van der Waals surface area contributed by atoms with Crippen LogP contribution >= 0.6 is 0 Å². The van der Waals surface area contributed by atoms with Gasteiger partial charge in [-0.25, -0.2) is 0 Å². The molecule has 0 unspecified atom stereocenters. The van der Waals surface area contributed by atoms with Gasteiger partial charge >= 0.3 is 63.2 Å². The second kappa shape index (κ2) is 45.2. The van der Waals surface area contributed by atoms with Gasteiger partial charge in [0, 0.05) is 179 Å². The van der Waals surface area contributed by atoms with E-state index >= 15 is 0 Å². The first-order valence-electron chi connectivity index (χ1n) is 48.7. The van der Waals surface area contributed by atoms with E-state index in [9.17, 15) is 0 Å². The van der Waals surface area contributed by atoms with Crippen molar-refractivity contribution in [2.24, 2.45) is 0 Å². The van der Waals surface area contributed by atoms with Crippen LogP contribution in [0.25, 0.3) is 67.0 Å². The second-order valence-electron chi connectivity index (χ2n) is 37.5. The zero-order chi connectivity index (χ0) is 100. The topological polar surface area (TPSA) is 131 Å². The molecule has 6 aliphatic rings. The Morgan fingerprint density at radius 3 is 0.820 bits per heavy atom. The first kappa shape index (κ1) is 103. The maximum atomic E-state index is 6.38. The van der Waals surface area contributed by atoms with Gasteiger partial charge in [-0.3, -0.25) is 24.9 Å². The summed E-state index contributed by atoms with van der Waals surface area (Å²) in [4.78, 5) is 48.5. The molecular formula is C127H103N17O3Pt3. The normalized spacial score (nSPS) is 15.1. The summed E-state index contributed by atoms with van der Waals surface area (Å²) in [7, 11) is 6.31. The van der Waals surface area contributed by atoms with Crippen LogP contribution < -0.4 is 58.3 Å². The Labute approximate surface area is 922 Å². The number of hydrogen-bond donors (Lipinski definition) is 0. The predicted molar refractivity (Wildman–Crippen MR) is 589 cm³/mol. The minimum absolute atomic E-state index is 0. The molecular weight excluding hydrogens is 2400 g/mol. The molecule has 0 amide bonds. The smallest absolute Gasteiger partial charge is 0.509 e. The molecule has 0 bridgehead atoms. The summed E-state index contributed by atoms with van der Waals surface area (Å²) in [5, 5.41) is 0. The molecule has 5 aromatic heterocycles. The van der Waals surface area contributed by atoms with E-state index in [4.69, 9.17) is 14.2 Å². The van der Waals surface area contributed by atoms with Crippen molar-refractivity contribution in [1.82, 2.24) is 39.6 Å². The largest absolute Gasteiger partial charge is 4.00 e. The van der Waals surface area contributed by atoms with Gasteiger partial charge in [-0.15, -0.1) is 163 Å². The molecule has 0 N–H and O–H groups in total. The zero-order valence-electron chi connectivity index (χ0n) is 83.7. The van der Waals surface area contributed by atoms with E-state index in [0.29, 0.717) is 34.5 Å². The van der Waals surface area contributed by atoms with Crippen molar-refractivity contribution in [3.05, 3.63) is 520 Å². The van der Waals surface area contributed by atoms with Gasteiger partial charge in [0.05, 0.1) is 11.4 Å². The van der Waals surface area contributed by atoms with E-state index in [1.165, 1.54) is 16.7 Å². The van der Waals surface area contributed by atoms with Crippen molar-refractivity contribution in [3.63, 3.8) is 0 Å². The third kappa shape index (κ3) is 21.4. The average molecular weight is 2500 g/mol. The molecule has 13 aromatic carbocycles. The van der Waals surface area contributed by atoms with Gasteiger partial charge in [-0.2, -0.15) is 56.4 Å². The van der Waals surface area contributed by atoms with Crippen LogP contribution in [0.2, 0.25) is 0 Å². The van der Waals surface area contributed by atoms with Gasteiger partial charge in [0.15, 0.2) is 0 Å². The zero-order valence-corrected chi connectivity index (χ0v) is 90.5. The molecule has 20 nitrogen and oxygen atoms in total. The van der Waals surface area contributed by atoms with E-state index in [-0.39, 0.29) is 79.8 Å². The average Bonchev–Trinajstić information content (AvgIpc) is 1.61. The molecule has 18 aromatic rings. The third-order valence-electron chi connectivity index (χ3n) is 27.4. The quantitative estimate of drug-likeness (QED) is 0.0632. The van der Waals surface area contributed by atoms with Gasteiger partial charge < -0.3 is 73.0 Å². The Bertz CT molecular complexity index is 6970. The second-order valence-corrected chi connectivity index (χ2v) is 37.5. The van der Waals surface area contributed by atoms with Crippen molar-refractivity contribution in [3.8, 4) is 102 Å². The number of hydrogen-bond acceptors (Lipinski definition) is 20. The summed E-state index contributed by atoms with van der Waals surface area (Å²) in [5.74, 6) is 3.62. The molecule has 23 heteroatoms. The monoisotopic (exact) mass is 2500 g/mol. The number of ether oxygens (including phenoxy) is 3. The molecule has 11 heterocycles. The van der Waals surface area contributed by atoms with Crippen LogP contribution in [0.1, 0.15) is 58.2 Å². The van der Waals surface area contributed by atoms with Gasteiger partial charge in [0.1, 0.15) is 0 Å². The molecule has 0 aliphatic carbocycles. The number of benzene rings is 13. The van der Waals surface area contributed by atoms with Crippen LogP contribution in [0.15, 0.2) is 426 Å². The first-order chi connectivity index (χ1) is 71.9. The molecule has 0 atom stereocenters. The number of nitrogens with zero attached hydrogens (tertiary/aromatic N) is 17. The first-order valence-corrected chi connectivity index (χ1v) is 48.7. The van der Waals surface area contributed by atoms with Gasteiger partial charge in [-0.1, -0.05) is 176 Å². The SMILES string of the molecule is CN1[CH-]N(c2[c-]c(Oc3[c-]c(N4C=CN(c5c(-c6ccccc6)cncc5-c5ccccc5)[CH-]4)ccc3)ccc2)c2ccccc2C1(C)C.CN1[CH-]N(c2[c-]c(Oc3[c-]c(N4C=CN(c5c(-c6ccccn6)cccc5-c5ccccn5)[CH-]4)ccc3)ccc2)c2ccccc2C1(C)C.CN1[CH-]N(c2[c-]c(Oc3[c-]c(N4C=CN(c5c(-c6cccnc6)cccc5-c5cccnc5)[CH-]4)ccc3)ccc2)c2ccccc2C1(C)C.[Pt+4].[Pt+4].[Pt+4]. The fourth-order valence-corrected chi connectivity index (χ4v) is 19.0. The van der Waals surface area contributed by atoms with Crippen LogP contribution in [0, 0.1) is 76.4 Å². The summed E-state index contributed by atoms with van der Waals surface area (Å²) < 4.78 is 19.1. The van der Waals surface area contributed by atoms with Gasteiger partial charge in [-0.05, 0) is 182 Å². The van der Waals surface area contributed by atoms with Crippen LogP contribution in [-0.2, 0) is 79.8 Å². The number of aromatic nitrogens is 5. The molecule has 0 spiro atoms. The van der Waals surface area contributed by atoms with Crippen LogP contribution in [0.3, 0.4) is 0 Å². The Kier molecular flexibility index (Phi) is 31.0. The molecule has 0 saturated carbocycles. The molecule has 744 valence electrons. The van der Waals surface area contributed by atoms with Gasteiger partial charge in [0.25, 0.3) is 0 Å². The van der Waals surface area contributed by atoms with Crippen LogP contribution in [0.5, 0.6) is 34.5 Å². The summed E-state index contributed by atoms with van der Waals surface area (Å²) in [6.07, 6.45) is 27.1. The molecule has 6 aliphatic heterocycles. The Morgan fingerprint density at radius 2 is 0.500 bits per heavy atom. The molecule has 0 fully saturated rings. The van der Waals surface area contributed by atoms with E-state index < -0.39 is 0 Å². The summed E-state index contributed by atoms with van der Waals surface area (Å²) in [5.41, 5.74) is 27.3. The third-order valence-corrected chi connectivity index (χ3v) is 27.4. The Balaban J connectivity index is 0.000000140. The number of pyridine rings is 5. The minimum Gasteiger partial charge on any atom is -0.509 e. The van der Waals surface area contributed by atoms with E-state index in [1.807, 2.05) is 247 Å². The maximum Gasteiger partial charge on any atom is 4.00 e. The minimum atomic E-state index is -0.131. The van der Waals surface area contributed by atoms with Crippen molar-refractivity contribution in [2.75, 3.05) is 65.2 Å². The molecule has 0 radical (unpaired) electrons. The van der Waals surface area contributed by atoms with Crippen molar-refractivity contribution in [1.29, 1.82) is 0 Å².